The molecule has 0 aliphatic carbocycles. The Balaban J connectivity index is 1.54. The summed E-state index contributed by atoms with van der Waals surface area (Å²) in [5.41, 5.74) is -0.484. The van der Waals surface area contributed by atoms with Crippen molar-refractivity contribution in [1.82, 2.24) is 19.1 Å². The normalized spacial score (nSPS) is 11.0. The first-order valence-corrected chi connectivity index (χ1v) is 10.5. The first kappa shape index (κ1) is 22.0. The summed E-state index contributed by atoms with van der Waals surface area (Å²) >= 11 is 0. The lowest BCUT2D eigenvalue weighted by molar-refractivity contribution is 0.102. The van der Waals surface area contributed by atoms with Crippen LogP contribution >= 0.6 is 0 Å². The van der Waals surface area contributed by atoms with Crippen LogP contribution in [0.1, 0.15) is 15.9 Å². The molecule has 1 amide bonds. The largest absolute Gasteiger partial charge is 0.341 e. The quantitative estimate of drug-likeness (QED) is 0.408. The number of nitrogens with one attached hydrogen (secondary N) is 2. The summed E-state index contributed by atoms with van der Waals surface area (Å²) < 4.78 is 31.7. The monoisotopic (exact) mass is 473 g/mol. The van der Waals surface area contributed by atoms with Gasteiger partial charge in [0.05, 0.1) is 18.4 Å². The number of aromatic nitrogens is 4. The van der Waals surface area contributed by atoms with Gasteiger partial charge in [0.25, 0.3) is 5.91 Å². The fourth-order valence-electron chi connectivity index (χ4n) is 3.77. The molecular formula is C25H17F2N5O3. The van der Waals surface area contributed by atoms with Crippen LogP contribution in [0.25, 0.3) is 16.7 Å². The Bertz CT molecular complexity index is 1650. The minimum absolute atomic E-state index is 0.141. The standard InChI is InChI=1S/C25H17F2N5O3/c26-19-2-1-3-20(27)17(19)12-32-13-18(24(34)23-21(32)8-9-22(33)30-23)25(35)29-15-4-6-16(7-5-15)31-11-10-28-14-31/h1-11,13-14H,12H2,(H,29,35)(H,30,33). The number of halogens is 2. The van der Waals surface area contributed by atoms with E-state index in [1.54, 1.807) is 47.6 Å². The number of carbonyl (C=O) groups is 1. The summed E-state index contributed by atoms with van der Waals surface area (Å²) in [6.07, 6.45) is 6.26. The smallest absolute Gasteiger partial charge is 0.261 e. The molecule has 2 aromatic carbocycles. The topological polar surface area (TPSA) is 102 Å². The van der Waals surface area contributed by atoms with E-state index in [1.165, 1.54) is 29.0 Å². The maximum atomic E-state index is 14.3. The molecule has 174 valence electrons. The van der Waals surface area contributed by atoms with Gasteiger partial charge in [-0.3, -0.25) is 14.4 Å². The van der Waals surface area contributed by atoms with Gasteiger partial charge in [0.1, 0.15) is 22.7 Å². The fraction of sp³-hybridized carbons (Fsp3) is 0.0400. The van der Waals surface area contributed by atoms with Gasteiger partial charge in [0.15, 0.2) is 0 Å². The number of anilines is 1. The third-order valence-electron chi connectivity index (χ3n) is 5.53. The molecule has 10 heteroatoms. The number of nitrogens with zero attached hydrogens (tertiary/aromatic N) is 3. The van der Waals surface area contributed by atoms with Crippen molar-refractivity contribution in [2.24, 2.45) is 0 Å². The van der Waals surface area contributed by atoms with Gasteiger partial charge >= 0.3 is 0 Å². The highest BCUT2D eigenvalue weighted by molar-refractivity contribution is 6.05. The maximum absolute atomic E-state index is 14.3. The number of amides is 1. The Hall–Kier alpha value is -4.86. The van der Waals surface area contributed by atoms with Crippen molar-refractivity contribution >= 4 is 22.6 Å². The number of aromatic amines is 1. The van der Waals surface area contributed by atoms with Crippen LogP contribution in [0, 0.1) is 11.6 Å². The first-order valence-electron chi connectivity index (χ1n) is 10.5. The van der Waals surface area contributed by atoms with Crippen LogP contribution in [-0.4, -0.2) is 25.0 Å². The van der Waals surface area contributed by atoms with E-state index in [4.69, 9.17) is 0 Å². The number of pyridine rings is 2. The molecule has 0 unspecified atom stereocenters. The zero-order valence-corrected chi connectivity index (χ0v) is 18.0. The Kier molecular flexibility index (Phi) is 5.54. The summed E-state index contributed by atoms with van der Waals surface area (Å²) in [6, 6.07) is 12.9. The van der Waals surface area contributed by atoms with Crippen molar-refractivity contribution in [3.63, 3.8) is 0 Å². The van der Waals surface area contributed by atoms with Gasteiger partial charge in [0.2, 0.25) is 11.0 Å². The molecule has 0 radical (unpaired) electrons. The maximum Gasteiger partial charge on any atom is 0.261 e. The van der Waals surface area contributed by atoms with Gasteiger partial charge in [-0.25, -0.2) is 13.8 Å². The molecule has 8 nitrogen and oxygen atoms in total. The summed E-state index contributed by atoms with van der Waals surface area (Å²) in [5, 5.41) is 2.65. The molecule has 5 aromatic rings. The number of hydrogen-bond donors (Lipinski definition) is 2. The molecule has 3 heterocycles. The molecule has 0 aliphatic heterocycles. The molecule has 2 N–H and O–H groups in total. The van der Waals surface area contributed by atoms with E-state index in [-0.39, 0.29) is 28.7 Å². The third kappa shape index (κ3) is 4.24. The van der Waals surface area contributed by atoms with Crippen molar-refractivity contribution in [2.75, 3.05) is 5.32 Å². The lowest BCUT2D eigenvalue weighted by atomic mass is 10.1. The number of hydrogen-bond acceptors (Lipinski definition) is 4. The molecule has 5 rings (SSSR count). The zero-order chi connectivity index (χ0) is 24.5. The molecule has 0 spiro atoms. The molecule has 3 aromatic heterocycles. The fourth-order valence-corrected chi connectivity index (χ4v) is 3.77. The van der Waals surface area contributed by atoms with E-state index in [0.717, 1.165) is 17.8 Å². The highest BCUT2D eigenvalue weighted by Gasteiger charge is 2.18. The predicted molar refractivity (Wildman–Crippen MR) is 126 cm³/mol. The summed E-state index contributed by atoms with van der Waals surface area (Å²) in [6.45, 7) is -0.304. The minimum atomic E-state index is -0.773. The van der Waals surface area contributed by atoms with E-state index < -0.39 is 28.5 Å². The molecule has 0 bridgehead atoms. The van der Waals surface area contributed by atoms with E-state index in [1.807, 2.05) is 0 Å². The van der Waals surface area contributed by atoms with Crippen LogP contribution in [0.5, 0.6) is 0 Å². The van der Waals surface area contributed by atoms with Crippen LogP contribution in [0.3, 0.4) is 0 Å². The van der Waals surface area contributed by atoms with Gasteiger partial charge < -0.3 is 19.4 Å². The third-order valence-corrected chi connectivity index (χ3v) is 5.53. The lowest BCUT2D eigenvalue weighted by Gasteiger charge is -2.14. The highest BCUT2D eigenvalue weighted by atomic mass is 19.1. The van der Waals surface area contributed by atoms with Crippen LogP contribution in [0.15, 0.2) is 89.1 Å². The Morgan fingerprint density at radius 3 is 2.43 bits per heavy atom. The second-order valence-corrected chi connectivity index (χ2v) is 7.75. The summed E-state index contributed by atoms with van der Waals surface area (Å²) in [7, 11) is 0. The van der Waals surface area contributed by atoms with Crippen LogP contribution in [-0.2, 0) is 6.54 Å². The second kappa shape index (κ2) is 8.82. The van der Waals surface area contributed by atoms with E-state index in [2.05, 4.69) is 15.3 Å². The van der Waals surface area contributed by atoms with Crippen LogP contribution < -0.4 is 16.3 Å². The zero-order valence-electron chi connectivity index (χ0n) is 18.0. The van der Waals surface area contributed by atoms with Crippen LogP contribution in [0.4, 0.5) is 14.5 Å². The molecule has 0 saturated carbocycles. The average molecular weight is 473 g/mol. The molecule has 0 atom stereocenters. The Labute approximate surface area is 196 Å². The number of fused-ring (bicyclic) bond motifs is 1. The average Bonchev–Trinajstić information content (AvgIpc) is 3.38. The predicted octanol–water partition coefficient (Wildman–Crippen LogP) is 3.45. The molecular weight excluding hydrogens is 456 g/mol. The number of benzene rings is 2. The van der Waals surface area contributed by atoms with Gasteiger partial charge in [0, 0.05) is 41.6 Å². The number of imidazole rings is 1. The molecule has 0 fully saturated rings. The van der Waals surface area contributed by atoms with Gasteiger partial charge in [-0.05, 0) is 42.5 Å². The van der Waals surface area contributed by atoms with Crippen molar-refractivity contribution in [3.05, 3.63) is 123 Å². The van der Waals surface area contributed by atoms with Crippen molar-refractivity contribution in [2.45, 2.75) is 6.54 Å². The molecule has 35 heavy (non-hydrogen) atoms. The van der Waals surface area contributed by atoms with Gasteiger partial charge in [-0.15, -0.1) is 0 Å². The highest BCUT2D eigenvalue weighted by Crippen LogP contribution is 2.18. The SMILES string of the molecule is O=C(Nc1ccc(-n2ccnc2)cc1)c1cn(Cc2c(F)cccc2F)c2ccc(=O)[nH]c2c1=O. The lowest BCUT2D eigenvalue weighted by Crippen LogP contribution is -2.26. The van der Waals surface area contributed by atoms with E-state index in [0.29, 0.717) is 5.69 Å². The van der Waals surface area contributed by atoms with E-state index in [9.17, 15) is 23.2 Å². The Morgan fingerprint density at radius 1 is 1.00 bits per heavy atom. The van der Waals surface area contributed by atoms with E-state index >= 15 is 0 Å². The van der Waals surface area contributed by atoms with Crippen molar-refractivity contribution in [1.29, 1.82) is 0 Å². The van der Waals surface area contributed by atoms with Gasteiger partial charge in [-0.2, -0.15) is 0 Å². The number of H-pyrrole nitrogens is 1. The second-order valence-electron chi connectivity index (χ2n) is 7.75. The van der Waals surface area contributed by atoms with Crippen molar-refractivity contribution < 1.29 is 13.6 Å². The van der Waals surface area contributed by atoms with Gasteiger partial charge in [-0.1, -0.05) is 6.07 Å². The molecule has 0 aliphatic rings. The Morgan fingerprint density at radius 2 is 1.74 bits per heavy atom. The van der Waals surface area contributed by atoms with Crippen LogP contribution in [0.2, 0.25) is 0 Å². The summed E-state index contributed by atoms with van der Waals surface area (Å²) in [4.78, 5) is 44.4. The number of rotatable bonds is 5. The first-order chi connectivity index (χ1) is 16.9. The molecule has 0 saturated heterocycles. The van der Waals surface area contributed by atoms with Crippen molar-refractivity contribution in [3.8, 4) is 5.69 Å². The number of carbonyl (C=O) groups excluding carboxylic acids is 1. The minimum Gasteiger partial charge on any atom is -0.341 e. The summed E-state index contributed by atoms with van der Waals surface area (Å²) in [5.74, 6) is -2.28.